The van der Waals surface area contributed by atoms with Gasteiger partial charge in [0.25, 0.3) is 0 Å². The summed E-state index contributed by atoms with van der Waals surface area (Å²) in [5.41, 5.74) is -0.166. The Morgan fingerprint density at radius 1 is 1.17 bits per heavy atom. The van der Waals surface area contributed by atoms with Gasteiger partial charge in [0.1, 0.15) is 0 Å². The van der Waals surface area contributed by atoms with E-state index in [1.165, 1.54) is 25.9 Å². The molecule has 0 radical (unpaired) electrons. The first-order valence-corrected chi connectivity index (χ1v) is 9.92. The summed E-state index contributed by atoms with van der Waals surface area (Å²) in [5, 5.41) is 16.0. The normalized spacial score (nSPS) is 29.4. The van der Waals surface area contributed by atoms with Gasteiger partial charge in [-0.05, 0) is 64.1 Å². The number of nitrogens with one attached hydrogen (secondary N) is 2. The number of hydrogen-bond acceptors (Lipinski definition) is 3. The lowest BCUT2D eigenvalue weighted by atomic mass is 9.73. The zero-order chi connectivity index (χ0) is 17.4. The predicted octanol–water partition coefficient (Wildman–Crippen LogP) is 2.74. The van der Waals surface area contributed by atoms with Crippen LogP contribution in [-0.2, 0) is 0 Å². The van der Waals surface area contributed by atoms with Crippen molar-refractivity contribution in [3.8, 4) is 0 Å². The van der Waals surface area contributed by atoms with Gasteiger partial charge < -0.3 is 20.6 Å². The van der Waals surface area contributed by atoms with Crippen LogP contribution in [0.1, 0.15) is 65.2 Å². The van der Waals surface area contributed by atoms with E-state index in [-0.39, 0.29) is 17.6 Å². The van der Waals surface area contributed by atoms with Gasteiger partial charge in [0.05, 0.1) is 6.10 Å². The van der Waals surface area contributed by atoms with E-state index in [1.54, 1.807) is 0 Å². The molecule has 0 aromatic carbocycles. The number of likely N-dealkylation sites (tertiary alicyclic amines) is 1. The maximum Gasteiger partial charge on any atom is 0.314 e. The Morgan fingerprint density at radius 2 is 1.92 bits per heavy atom. The van der Waals surface area contributed by atoms with Crippen molar-refractivity contribution in [1.29, 1.82) is 0 Å². The minimum absolute atomic E-state index is 0.0965. The second kappa shape index (κ2) is 9.62. The van der Waals surface area contributed by atoms with Crippen molar-refractivity contribution < 1.29 is 9.90 Å². The Labute approximate surface area is 147 Å². The summed E-state index contributed by atoms with van der Waals surface area (Å²) in [6.45, 7) is 9.33. The van der Waals surface area contributed by atoms with E-state index < -0.39 is 0 Å². The molecule has 1 saturated carbocycles. The number of urea groups is 1. The summed E-state index contributed by atoms with van der Waals surface area (Å²) < 4.78 is 0. The van der Waals surface area contributed by atoms with Gasteiger partial charge in [-0.1, -0.05) is 26.7 Å². The van der Waals surface area contributed by atoms with Gasteiger partial charge in [-0.25, -0.2) is 4.79 Å². The minimum Gasteiger partial charge on any atom is -0.392 e. The summed E-state index contributed by atoms with van der Waals surface area (Å²) in [5.74, 6) is 0.885. The smallest absolute Gasteiger partial charge is 0.314 e. The van der Waals surface area contributed by atoms with Crippen molar-refractivity contribution in [1.82, 2.24) is 15.5 Å². The lowest BCUT2D eigenvalue weighted by Gasteiger charge is -2.38. The van der Waals surface area contributed by atoms with Crippen LogP contribution in [0.4, 0.5) is 4.79 Å². The first kappa shape index (κ1) is 19.5. The highest BCUT2D eigenvalue weighted by molar-refractivity contribution is 5.73. The zero-order valence-electron chi connectivity index (χ0n) is 15.6. The van der Waals surface area contributed by atoms with E-state index in [1.807, 2.05) is 0 Å². The molecule has 2 aliphatic rings. The summed E-state index contributed by atoms with van der Waals surface area (Å²) >= 11 is 0. The molecule has 1 aliphatic heterocycles. The molecule has 2 rings (SSSR count). The molecule has 0 aromatic heterocycles. The van der Waals surface area contributed by atoms with Gasteiger partial charge in [-0.15, -0.1) is 0 Å². The topological polar surface area (TPSA) is 64.6 Å². The maximum absolute atomic E-state index is 11.9. The number of carbonyl (C=O) groups is 1. The molecule has 1 aliphatic carbocycles. The van der Waals surface area contributed by atoms with E-state index in [2.05, 4.69) is 29.4 Å². The van der Waals surface area contributed by atoms with Crippen LogP contribution < -0.4 is 10.6 Å². The number of nitrogens with zero attached hydrogens (tertiary/aromatic N) is 1. The first-order valence-electron chi connectivity index (χ1n) is 9.92. The van der Waals surface area contributed by atoms with Crippen molar-refractivity contribution in [2.45, 2.75) is 71.3 Å². The molecule has 5 heteroatoms. The monoisotopic (exact) mass is 339 g/mol. The molecule has 2 amide bonds. The average Bonchev–Trinajstić information content (AvgIpc) is 2.57. The molecule has 0 aromatic rings. The van der Waals surface area contributed by atoms with Crippen LogP contribution in [0, 0.1) is 11.3 Å². The largest absolute Gasteiger partial charge is 0.392 e. The zero-order valence-corrected chi connectivity index (χ0v) is 15.6. The lowest BCUT2D eigenvalue weighted by Crippen LogP contribution is -2.47. The summed E-state index contributed by atoms with van der Waals surface area (Å²) in [6.07, 6.45) is 8.61. The highest BCUT2D eigenvalue weighted by atomic mass is 16.3. The SMILES string of the molecule is CC1CCN(CCCCNC(=O)NCC2(C)CCCCC2O)CC1. The Hall–Kier alpha value is -0.810. The van der Waals surface area contributed by atoms with Crippen LogP contribution in [0.2, 0.25) is 0 Å². The molecule has 1 saturated heterocycles. The van der Waals surface area contributed by atoms with Crippen LogP contribution in [0.5, 0.6) is 0 Å². The molecule has 24 heavy (non-hydrogen) atoms. The average molecular weight is 340 g/mol. The molecule has 2 fully saturated rings. The molecule has 0 bridgehead atoms. The third-order valence-corrected chi connectivity index (χ3v) is 6.00. The molecule has 2 atom stereocenters. The molecule has 3 N–H and O–H groups in total. The van der Waals surface area contributed by atoms with Crippen LogP contribution >= 0.6 is 0 Å². The Morgan fingerprint density at radius 3 is 2.62 bits per heavy atom. The fourth-order valence-electron chi connectivity index (χ4n) is 3.88. The fraction of sp³-hybridized carbons (Fsp3) is 0.947. The first-order chi connectivity index (χ1) is 11.5. The van der Waals surface area contributed by atoms with Crippen molar-refractivity contribution in [3.63, 3.8) is 0 Å². The van der Waals surface area contributed by atoms with Crippen LogP contribution in [0.3, 0.4) is 0 Å². The molecule has 0 spiro atoms. The van der Waals surface area contributed by atoms with Crippen LogP contribution in [0.25, 0.3) is 0 Å². The number of piperidine rings is 1. The van der Waals surface area contributed by atoms with Gasteiger partial charge in [-0.3, -0.25) is 0 Å². The summed E-state index contributed by atoms with van der Waals surface area (Å²) in [7, 11) is 0. The molecule has 140 valence electrons. The van der Waals surface area contributed by atoms with Gasteiger partial charge in [0.15, 0.2) is 0 Å². The standard InChI is InChI=1S/C19H37N3O2/c1-16-8-13-22(14-9-16)12-6-5-11-20-18(24)21-15-19(2)10-4-3-7-17(19)23/h16-17,23H,3-15H2,1-2H3,(H2,20,21,24). The quantitative estimate of drug-likeness (QED) is 0.625. The molecular weight excluding hydrogens is 302 g/mol. The van der Waals surface area contributed by atoms with E-state index in [9.17, 15) is 9.90 Å². The van der Waals surface area contributed by atoms with Crippen LogP contribution in [0.15, 0.2) is 0 Å². The Bertz CT molecular complexity index is 383. The molecule has 5 nitrogen and oxygen atoms in total. The summed E-state index contributed by atoms with van der Waals surface area (Å²) in [6, 6.07) is -0.0965. The molecule has 2 unspecified atom stereocenters. The number of rotatable bonds is 7. The Kier molecular flexibility index (Phi) is 7.82. The highest BCUT2D eigenvalue weighted by Gasteiger charge is 2.35. The number of aliphatic hydroxyl groups is 1. The van der Waals surface area contributed by atoms with Crippen molar-refractivity contribution in [3.05, 3.63) is 0 Å². The number of carbonyl (C=O) groups excluding carboxylic acids is 1. The third-order valence-electron chi connectivity index (χ3n) is 6.00. The predicted molar refractivity (Wildman–Crippen MR) is 98.1 cm³/mol. The summed E-state index contributed by atoms with van der Waals surface area (Å²) in [4.78, 5) is 14.5. The number of aliphatic hydroxyl groups excluding tert-OH is 1. The van der Waals surface area contributed by atoms with E-state index in [4.69, 9.17) is 0 Å². The van der Waals surface area contributed by atoms with Gasteiger partial charge in [0.2, 0.25) is 0 Å². The van der Waals surface area contributed by atoms with Crippen molar-refractivity contribution in [2.24, 2.45) is 11.3 Å². The fourth-order valence-corrected chi connectivity index (χ4v) is 3.88. The van der Waals surface area contributed by atoms with Crippen molar-refractivity contribution in [2.75, 3.05) is 32.7 Å². The minimum atomic E-state index is -0.293. The van der Waals surface area contributed by atoms with Gasteiger partial charge in [0, 0.05) is 18.5 Å². The van der Waals surface area contributed by atoms with E-state index in [0.717, 1.165) is 57.5 Å². The Balaban J connectivity index is 1.50. The van der Waals surface area contributed by atoms with E-state index in [0.29, 0.717) is 6.54 Å². The molecular formula is C19H37N3O2. The lowest BCUT2D eigenvalue weighted by molar-refractivity contribution is 0.00309. The number of amides is 2. The number of unbranched alkanes of at least 4 members (excludes halogenated alkanes) is 1. The number of hydrogen-bond donors (Lipinski definition) is 3. The highest BCUT2D eigenvalue weighted by Crippen LogP contribution is 2.35. The third kappa shape index (κ3) is 6.25. The van der Waals surface area contributed by atoms with E-state index >= 15 is 0 Å². The van der Waals surface area contributed by atoms with Crippen LogP contribution in [-0.4, -0.2) is 54.9 Å². The van der Waals surface area contributed by atoms with Crippen molar-refractivity contribution >= 4 is 6.03 Å². The second-order valence-electron chi connectivity index (χ2n) is 8.26. The van der Waals surface area contributed by atoms with Gasteiger partial charge in [-0.2, -0.15) is 0 Å². The maximum atomic E-state index is 11.9. The molecule has 1 heterocycles. The second-order valence-corrected chi connectivity index (χ2v) is 8.26. The van der Waals surface area contributed by atoms with Gasteiger partial charge >= 0.3 is 6.03 Å².